The lowest BCUT2D eigenvalue weighted by atomic mass is 10.1. The van der Waals surface area contributed by atoms with Gasteiger partial charge in [-0.25, -0.2) is 5.43 Å². The first-order valence-electron chi connectivity index (χ1n) is 9.57. The minimum absolute atomic E-state index is 0.0109. The van der Waals surface area contributed by atoms with Crippen LogP contribution in [0.25, 0.3) is 0 Å². The third-order valence-electron chi connectivity index (χ3n) is 4.44. The first-order valence-corrected chi connectivity index (χ1v) is 9.57. The second-order valence-corrected chi connectivity index (χ2v) is 7.24. The van der Waals surface area contributed by atoms with Crippen LogP contribution >= 0.6 is 0 Å². The van der Waals surface area contributed by atoms with Crippen LogP contribution in [-0.4, -0.2) is 30.7 Å². The number of benzene rings is 2. The van der Waals surface area contributed by atoms with E-state index >= 15 is 0 Å². The quantitative estimate of drug-likeness (QED) is 0.554. The Balaban J connectivity index is 1.60. The van der Waals surface area contributed by atoms with Gasteiger partial charge in [-0.3, -0.25) is 9.59 Å². The van der Waals surface area contributed by atoms with Crippen molar-refractivity contribution in [1.29, 1.82) is 0 Å². The molecule has 2 aromatic rings. The molecule has 0 radical (unpaired) electrons. The molecular weight excluding hydrogens is 370 g/mol. The van der Waals surface area contributed by atoms with Gasteiger partial charge in [0.2, 0.25) is 0 Å². The van der Waals surface area contributed by atoms with E-state index in [9.17, 15) is 9.59 Å². The molecule has 2 aromatic carbocycles. The van der Waals surface area contributed by atoms with Gasteiger partial charge in [0, 0.05) is 5.56 Å². The fourth-order valence-electron chi connectivity index (χ4n) is 2.69. The average Bonchev–Trinajstić information content (AvgIpc) is 2.71. The molecule has 0 saturated heterocycles. The van der Waals surface area contributed by atoms with Crippen LogP contribution in [0.5, 0.6) is 11.5 Å². The molecule has 2 amide bonds. The standard InChI is InChI=1S/C22H25N3O4/c1-14(2)10-11-28-18-7-4-16(5-8-18)22(27)25-24-15(3)17-6-9-20-19(12-17)23-21(26)13-29-20/h4-9,12,14H,10-11,13H2,1-3H3,(H,23,26)(H,25,27)/b24-15-. The highest BCUT2D eigenvalue weighted by Gasteiger charge is 2.16. The smallest absolute Gasteiger partial charge is 0.271 e. The van der Waals surface area contributed by atoms with Gasteiger partial charge in [-0.2, -0.15) is 5.10 Å². The zero-order valence-electron chi connectivity index (χ0n) is 16.8. The van der Waals surface area contributed by atoms with Gasteiger partial charge in [-0.15, -0.1) is 0 Å². The molecule has 1 aliphatic heterocycles. The fraction of sp³-hybridized carbons (Fsp3) is 0.318. The van der Waals surface area contributed by atoms with Gasteiger partial charge in [-0.1, -0.05) is 13.8 Å². The molecule has 29 heavy (non-hydrogen) atoms. The van der Waals surface area contributed by atoms with Gasteiger partial charge in [0.05, 0.1) is 18.0 Å². The van der Waals surface area contributed by atoms with E-state index in [-0.39, 0.29) is 18.4 Å². The van der Waals surface area contributed by atoms with Crippen molar-refractivity contribution in [2.45, 2.75) is 27.2 Å². The number of nitrogens with one attached hydrogen (secondary N) is 2. The second kappa shape index (κ2) is 9.23. The zero-order valence-corrected chi connectivity index (χ0v) is 16.8. The van der Waals surface area contributed by atoms with Crippen LogP contribution in [0.15, 0.2) is 47.6 Å². The summed E-state index contributed by atoms with van der Waals surface area (Å²) in [5.74, 6) is 1.42. The highest BCUT2D eigenvalue weighted by Crippen LogP contribution is 2.28. The number of anilines is 1. The highest BCUT2D eigenvalue weighted by molar-refractivity contribution is 6.03. The summed E-state index contributed by atoms with van der Waals surface area (Å²) < 4.78 is 11.0. The van der Waals surface area contributed by atoms with Crippen molar-refractivity contribution in [1.82, 2.24) is 5.43 Å². The zero-order chi connectivity index (χ0) is 20.8. The third-order valence-corrected chi connectivity index (χ3v) is 4.44. The normalized spacial score (nSPS) is 13.4. The Morgan fingerprint density at radius 3 is 2.66 bits per heavy atom. The number of hydrazone groups is 1. The maximum Gasteiger partial charge on any atom is 0.271 e. The Hall–Kier alpha value is -3.35. The van der Waals surface area contributed by atoms with Crippen molar-refractivity contribution in [2.24, 2.45) is 11.0 Å². The Morgan fingerprint density at radius 2 is 1.93 bits per heavy atom. The monoisotopic (exact) mass is 395 g/mol. The number of rotatable bonds is 7. The van der Waals surface area contributed by atoms with E-state index in [1.54, 1.807) is 43.3 Å². The van der Waals surface area contributed by atoms with E-state index in [2.05, 4.69) is 29.7 Å². The predicted molar refractivity (Wildman–Crippen MR) is 112 cm³/mol. The summed E-state index contributed by atoms with van der Waals surface area (Å²) in [6.45, 7) is 6.73. The lowest BCUT2D eigenvalue weighted by Gasteiger charge is -2.18. The number of hydrogen-bond donors (Lipinski definition) is 2. The lowest BCUT2D eigenvalue weighted by Crippen LogP contribution is -2.25. The van der Waals surface area contributed by atoms with Crippen molar-refractivity contribution < 1.29 is 19.1 Å². The largest absolute Gasteiger partial charge is 0.494 e. The molecule has 3 rings (SSSR count). The summed E-state index contributed by atoms with van der Waals surface area (Å²) in [6.07, 6.45) is 0.981. The maximum atomic E-state index is 12.3. The number of ether oxygens (including phenoxy) is 2. The van der Waals surface area contributed by atoms with Crippen LogP contribution in [0.4, 0.5) is 5.69 Å². The fourth-order valence-corrected chi connectivity index (χ4v) is 2.69. The first-order chi connectivity index (χ1) is 13.9. The summed E-state index contributed by atoms with van der Waals surface area (Å²) in [6, 6.07) is 12.3. The van der Waals surface area contributed by atoms with Crippen LogP contribution in [0, 0.1) is 5.92 Å². The second-order valence-electron chi connectivity index (χ2n) is 7.24. The Bertz CT molecular complexity index is 920. The molecule has 0 atom stereocenters. The van der Waals surface area contributed by atoms with E-state index in [0.29, 0.717) is 35.2 Å². The van der Waals surface area contributed by atoms with E-state index in [1.807, 2.05) is 6.07 Å². The van der Waals surface area contributed by atoms with Gasteiger partial charge < -0.3 is 14.8 Å². The molecule has 0 aromatic heterocycles. The average molecular weight is 395 g/mol. The minimum Gasteiger partial charge on any atom is -0.494 e. The van der Waals surface area contributed by atoms with E-state index in [4.69, 9.17) is 9.47 Å². The number of amides is 2. The Labute approximate surface area is 170 Å². The highest BCUT2D eigenvalue weighted by atomic mass is 16.5. The number of carbonyl (C=O) groups is 2. The van der Waals surface area contributed by atoms with Gasteiger partial charge in [0.25, 0.3) is 11.8 Å². The predicted octanol–water partition coefficient (Wildman–Crippen LogP) is 3.60. The van der Waals surface area contributed by atoms with Crippen LogP contribution < -0.4 is 20.2 Å². The van der Waals surface area contributed by atoms with Crippen molar-refractivity contribution >= 4 is 23.2 Å². The molecule has 1 aliphatic rings. The minimum atomic E-state index is -0.312. The molecule has 0 bridgehead atoms. The van der Waals surface area contributed by atoms with E-state index in [0.717, 1.165) is 17.7 Å². The lowest BCUT2D eigenvalue weighted by molar-refractivity contribution is -0.118. The first kappa shape index (κ1) is 20.4. The van der Waals surface area contributed by atoms with Gasteiger partial charge >= 0.3 is 0 Å². The van der Waals surface area contributed by atoms with Crippen LogP contribution in [0.2, 0.25) is 0 Å². The van der Waals surface area contributed by atoms with Crippen molar-refractivity contribution in [3.63, 3.8) is 0 Å². The number of hydrogen-bond acceptors (Lipinski definition) is 5. The summed E-state index contributed by atoms with van der Waals surface area (Å²) in [5.41, 5.74) is 5.01. The summed E-state index contributed by atoms with van der Waals surface area (Å²) >= 11 is 0. The van der Waals surface area contributed by atoms with Gasteiger partial charge in [0.1, 0.15) is 11.5 Å². The van der Waals surface area contributed by atoms with Crippen LogP contribution in [-0.2, 0) is 4.79 Å². The molecule has 0 unspecified atom stereocenters. The molecule has 7 heteroatoms. The molecular formula is C22H25N3O4. The Morgan fingerprint density at radius 1 is 1.21 bits per heavy atom. The van der Waals surface area contributed by atoms with Crippen molar-refractivity contribution in [3.8, 4) is 11.5 Å². The molecule has 0 spiro atoms. The van der Waals surface area contributed by atoms with E-state index in [1.165, 1.54) is 0 Å². The number of nitrogens with zero attached hydrogens (tertiary/aromatic N) is 1. The molecule has 1 heterocycles. The molecule has 7 nitrogen and oxygen atoms in total. The van der Waals surface area contributed by atoms with Crippen molar-refractivity contribution in [2.75, 3.05) is 18.5 Å². The molecule has 2 N–H and O–H groups in total. The summed E-state index contributed by atoms with van der Waals surface area (Å²) in [5, 5.41) is 6.92. The van der Waals surface area contributed by atoms with Crippen LogP contribution in [0.1, 0.15) is 43.1 Å². The molecule has 152 valence electrons. The number of carbonyl (C=O) groups excluding carboxylic acids is 2. The maximum absolute atomic E-state index is 12.3. The SMILES string of the molecule is C/C(=N/NC(=O)c1ccc(OCCC(C)C)cc1)c1ccc2c(c1)NC(=O)CO2. The summed E-state index contributed by atoms with van der Waals surface area (Å²) in [7, 11) is 0. The third kappa shape index (κ3) is 5.57. The van der Waals surface area contributed by atoms with Gasteiger partial charge in [-0.05, 0) is 67.3 Å². The molecule has 0 fully saturated rings. The van der Waals surface area contributed by atoms with Gasteiger partial charge in [0.15, 0.2) is 6.61 Å². The topological polar surface area (TPSA) is 89.0 Å². The molecule has 0 saturated carbocycles. The molecule has 0 aliphatic carbocycles. The Kier molecular flexibility index (Phi) is 6.49. The summed E-state index contributed by atoms with van der Waals surface area (Å²) in [4.78, 5) is 23.8. The van der Waals surface area contributed by atoms with Crippen LogP contribution in [0.3, 0.4) is 0 Å². The number of fused-ring (bicyclic) bond motifs is 1. The van der Waals surface area contributed by atoms with E-state index < -0.39 is 0 Å². The van der Waals surface area contributed by atoms with Crippen molar-refractivity contribution in [3.05, 3.63) is 53.6 Å².